The predicted octanol–water partition coefficient (Wildman–Crippen LogP) is 4.34. The maximum Gasteiger partial charge on any atom is 0.261 e. The molecule has 184 valence electrons. The van der Waals surface area contributed by atoms with E-state index in [1.165, 1.54) is 6.42 Å². The van der Waals surface area contributed by atoms with E-state index in [2.05, 4.69) is 5.32 Å². The Hall–Kier alpha value is -3.22. The third-order valence-corrected chi connectivity index (χ3v) is 6.25. The second-order valence-corrected chi connectivity index (χ2v) is 8.60. The van der Waals surface area contributed by atoms with Gasteiger partial charge >= 0.3 is 0 Å². The average Bonchev–Trinajstić information content (AvgIpc) is 2.88. The van der Waals surface area contributed by atoms with Crippen molar-refractivity contribution in [3.63, 3.8) is 0 Å². The van der Waals surface area contributed by atoms with Crippen LogP contribution in [-0.2, 0) is 16.1 Å². The van der Waals surface area contributed by atoms with Crippen LogP contribution in [0.25, 0.3) is 0 Å². The molecule has 1 aliphatic rings. The normalized spacial score (nSPS) is 14.7. The molecule has 0 radical (unpaired) electrons. The number of nitrogens with zero attached hydrogens (tertiary/aromatic N) is 1. The largest absolute Gasteiger partial charge is 0.497 e. The van der Waals surface area contributed by atoms with Crippen LogP contribution < -0.4 is 19.5 Å². The molecule has 2 aromatic carbocycles. The topological polar surface area (TPSA) is 77.1 Å². The molecule has 34 heavy (non-hydrogen) atoms. The molecule has 2 amide bonds. The summed E-state index contributed by atoms with van der Waals surface area (Å²) in [6.07, 6.45) is 5.97. The lowest BCUT2D eigenvalue weighted by molar-refractivity contribution is -0.143. The molecule has 0 bridgehead atoms. The van der Waals surface area contributed by atoms with E-state index < -0.39 is 6.04 Å². The molecule has 1 aliphatic carbocycles. The molecule has 7 heteroatoms. The summed E-state index contributed by atoms with van der Waals surface area (Å²) in [5.74, 6) is 1.64. The quantitative estimate of drug-likeness (QED) is 0.531. The maximum absolute atomic E-state index is 13.4. The van der Waals surface area contributed by atoms with E-state index in [0.29, 0.717) is 30.2 Å². The van der Waals surface area contributed by atoms with Gasteiger partial charge in [0, 0.05) is 12.6 Å². The van der Waals surface area contributed by atoms with Gasteiger partial charge in [-0.3, -0.25) is 9.59 Å². The van der Waals surface area contributed by atoms with Gasteiger partial charge in [0.25, 0.3) is 5.91 Å². The molecular formula is C27H36N2O5. The number of methoxy groups -OCH3 is 2. The van der Waals surface area contributed by atoms with Crippen LogP contribution >= 0.6 is 0 Å². The number of amides is 2. The maximum atomic E-state index is 13.4. The third-order valence-electron chi connectivity index (χ3n) is 6.25. The number of benzene rings is 2. The smallest absolute Gasteiger partial charge is 0.261 e. The van der Waals surface area contributed by atoms with E-state index in [9.17, 15) is 9.59 Å². The molecular weight excluding hydrogens is 432 g/mol. The number of ether oxygens (including phenoxy) is 3. The fourth-order valence-corrected chi connectivity index (χ4v) is 4.33. The number of hydrogen-bond acceptors (Lipinski definition) is 5. The lowest BCUT2D eigenvalue weighted by Gasteiger charge is -2.32. The Bertz CT molecular complexity index is 925. The molecule has 7 nitrogen and oxygen atoms in total. The standard InChI is InChI=1S/C27H36N2O5/c1-4-25(27(31)28-21-10-6-5-7-11-21)29(18-20-9-8-12-24(17-20)33-3)26(30)19-34-23-15-13-22(32-2)14-16-23/h8-9,12-17,21,25H,4-7,10-11,18-19H2,1-3H3,(H,28,31)/t25-/m1/s1. The van der Waals surface area contributed by atoms with Crippen LogP contribution in [-0.4, -0.2) is 49.6 Å². The summed E-state index contributed by atoms with van der Waals surface area (Å²) < 4.78 is 16.3. The van der Waals surface area contributed by atoms with Crippen LogP contribution in [0.15, 0.2) is 48.5 Å². The van der Waals surface area contributed by atoms with Gasteiger partial charge in [0.15, 0.2) is 6.61 Å². The van der Waals surface area contributed by atoms with Gasteiger partial charge in [0.1, 0.15) is 23.3 Å². The first kappa shape index (κ1) is 25.4. The fraction of sp³-hybridized carbons (Fsp3) is 0.481. The molecule has 0 spiro atoms. The molecule has 0 aliphatic heterocycles. The highest BCUT2D eigenvalue weighted by atomic mass is 16.5. The summed E-state index contributed by atoms with van der Waals surface area (Å²) in [5, 5.41) is 3.19. The van der Waals surface area contributed by atoms with E-state index >= 15 is 0 Å². The van der Waals surface area contributed by atoms with Crippen LogP contribution in [0.3, 0.4) is 0 Å². The van der Waals surface area contributed by atoms with Crippen LogP contribution in [0.2, 0.25) is 0 Å². The van der Waals surface area contributed by atoms with Crippen molar-refractivity contribution in [2.24, 2.45) is 0 Å². The highest BCUT2D eigenvalue weighted by Gasteiger charge is 2.30. The monoisotopic (exact) mass is 468 g/mol. The van der Waals surface area contributed by atoms with E-state index in [-0.39, 0.29) is 24.5 Å². The van der Waals surface area contributed by atoms with Crippen molar-refractivity contribution in [3.8, 4) is 17.2 Å². The molecule has 1 N–H and O–H groups in total. The Morgan fingerprint density at radius 1 is 0.971 bits per heavy atom. The molecule has 1 atom stereocenters. The van der Waals surface area contributed by atoms with Gasteiger partial charge < -0.3 is 24.4 Å². The predicted molar refractivity (Wildman–Crippen MR) is 131 cm³/mol. The van der Waals surface area contributed by atoms with E-state index in [1.54, 1.807) is 43.4 Å². The molecule has 0 saturated heterocycles. The minimum atomic E-state index is -0.583. The van der Waals surface area contributed by atoms with Crippen molar-refractivity contribution in [3.05, 3.63) is 54.1 Å². The highest BCUT2D eigenvalue weighted by molar-refractivity contribution is 5.88. The van der Waals surface area contributed by atoms with Gasteiger partial charge in [-0.2, -0.15) is 0 Å². The van der Waals surface area contributed by atoms with E-state index in [1.807, 2.05) is 31.2 Å². The van der Waals surface area contributed by atoms with Crippen molar-refractivity contribution in [2.75, 3.05) is 20.8 Å². The summed E-state index contributed by atoms with van der Waals surface area (Å²) in [7, 11) is 3.20. The second kappa shape index (κ2) is 12.9. The Kier molecular flexibility index (Phi) is 9.62. The van der Waals surface area contributed by atoms with E-state index in [4.69, 9.17) is 14.2 Å². The first-order valence-electron chi connectivity index (χ1n) is 12.0. The van der Waals surface area contributed by atoms with Crippen molar-refractivity contribution in [1.29, 1.82) is 0 Å². The summed E-state index contributed by atoms with van der Waals surface area (Å²) in [4.78, 5) is 28.2. The molecule has 0 heterocycles. The Morgan fingerprint density at radius 2 is 1.65 bits per heavy atom. The number of carbonyl (C=O) groups excluding carboxylic acids is 2. The lowest BCUT2D eigenvalue weighted by Crippen LogP contribution is -2.52. The van der Waals surface area contributed by atoms with Gasteiger partial charge in [-0.05, 0) is 61.2 Å². The number of carbonyl (C=O) groups is 2. The Morgan fingerprint density at radius 3 is 2.29 bits per heavy atom. The molecule has 1 fully saturated rings. The van der Waals surface area contributed by atoms with Crippen LogP contribution in [0.5, 0.6) is 17.2 Å². The van der Waals surface area contributed by atoms with Gasteiger partial charge in [-0.1, -0.05) is 38.3 Å². The van der Waals surface area contributed by atoms with Gasteiger partial charge in [0.05, 0.1) is 14.2 Å². The van der Waals surface area contributed by atoms with Crippen molar-refractivity contribution in [2.45, 2.75) is 64.1 Å². The zero-order valence-electron chi connectivity index (χ0n) is 20.4. The van der Waals surface area contributed by atoms with Gasteiger partial charge in [0.2, 0.25) is 5.91 Å². The first-order valence-corrected chi connectivity index (χ1v) is 12.0. The second-order valence-electron chi connectivity index (χ2n) is 8.60. The minimum absolute atomic E-state index is 0.102. The Balaban J connectivity index is 1.75. The number of hydrogen-bond donors (Lipinski definition) is 1. The van der Waals surface area contributed by atoms with E-state index in [0.717, 1.165) is 31.2 Å². The molecule has 0 aromatic heterocycles. The molecule has 1 saturated carbocycles. The minimum Gasteiger partial charge on any atom is -0.497 e. The number of rotatable bonds is 11. The van der Waals surface area contributed by atoms with Crippen LogP contribution in [0.4, 0.5) is 0 Å². The third kappa shape index (κ3) is 7.14. The Labute approximate surface area is 202 Å². The molecule has 0 unspecified atom stereocenters. The summed E-state index contributed by atoms with van der Waals surface area (Å²) in [6, 6.07) is 14.2. The van der Waals surface area contributed by atoms with Gasteiger partial charge in [-0.15, -0.1) is 0 Å². The molecule has 3 rings (SSSR count). The van der Waals surface area contributed by atoms with Crippen molar-refractivity contribution >= 4 is 11.8 Å². The SMILES string of the molecule is CC[C@H](C(=O)NC1CCCCC1)N(Cc1cccc(OC)c1)C(=O)COc1ccc(OC)cc1. The highest BCUT2D eigenvalue weighted by Crippen LogP contribution is 2.21. The number of nitrogens with one attached hydrogen (secondary N) is 1. The fourth-order valence-electron chi connectivity index (χ4n) is 4.33. The van der Waals surface area contributed by atoms with Crippen molar-refractivity contribution < 1.29 is 23.8 Å². The zero-order valence-corrected chi connectivity index (χ0v) is 20.4. The average molecular weight is 469 g/mol. The summed E-state index contributed by atoms with van der Waals surface area (Å²) in [6.45, 7) is 2.06. The van der Waals surface area contributed by atoms with Crippen LogP contribution in [0.1, 0.15) is 51.0 Å². The van der Waals surface area contributed by atoms with Crippen LogP contribution in [0, 0.1) is 0 Å². The zero-order chi connectivity index (χ0) is 24.3. The first-order chi connectivity index (χ1) is 16.5. The summed E-state index contributed by atoms with van der Waals surface area (Å²) >= 11 is 0. The van der Waals surface area contributed by atoms with Crippen molar-refractivity contribution in [1.82, 2.24) is 10.2 Å². The van der Waals surface area contributed by atoms with Gasteiger partial charge in [-0.25, -0.2) is 0 Å². The molecule has 2 aromatic rings. The lowest BCUT2D eigenvalue weighted by atomic mass is 9.95. The summed E-state index contributed by atoms with van der Waals surface area (Å²) in [5.41, 5.74) is 0.890.